The van der Waals surface area contributed by atoms with Gasteiger partial charge in [0, 0.05) is 22.7 Å². The van der Waals surface area contributed by atoms with Crippen LogP contribution < -0.4 is 19.6 Å². The summed E-state index contributed by atoms with van der Waals surface area (Å²) in [5, 5.41) is 0. The summed E-state index contributed by atoms with van der Waals surface area (Å²) in [7, 11) is 0. The van der Waals surface area contributed by atoms with E-state index < -0.39 is 0 Å². The molecule has 0 bridgehead atoms. The van der Waals surface area contributed by atoms with Gasteiger partial charge in [-0.25, -0.2) is 0 Å². The number of rotatable bonds is 4. The Morgan fingerprint density at radius 3 is 0.667 bits per heavy atom. The van der Waals surface area contributed by atoms with Crippen LogP contribution in [0.15, 0.2) is 145 Å². The van der Waals surface area contributed by atoms with Crippen molar-refractivity contribution in [3.05, 3.63) is 178 Å². The second kappa shape index (κ2) is 16.0. The maximum absolute atomic E-state index is 2.58. The molecule has 0 unspecified atom stereocenters. The van der Waals surface area contributed by atoms with Gasteiger partial charge in [0.1, 0.15) is 0 Å². The third-order valence-corrected chi connectivity index (χ3v) is 13.6. The second-order valence-corrected chi connectivity index (χ2v) is 25.1. The van der Waals surface area contributed by atoms with Gasteiger partial charge < -0.3 is 0 Å². The third-order valence-electron chi connectivity index (χ3n) is 13.6. The van der Waals surface area contributed by atoms with Crippen molar-refractivity contribution < 1.29 is 0 Å². The van der Waals surface area contributed by atoms with Gasteiger partial charge in [-0.2, -0.15) is 0 Å². The van der Waals surface area contributed by atoms with Crippen LogP contribution in [0.1, 0.15) is 158 Å². The van der Waals surface area contributed by atoms with Crippen LogP contribution in [0.2, 0.25) is 0 Å². The van der Waals surface area contributed by atoms with E-state index in [0.29, 0.717) is 0 Å². The molecular formula is C62H76N4. The van der Waals surface area contributed by atoms with Gasteiger partial charge >= 0.3 is 0 Å². The number of fused-ring (bicyclic) bond motifs is 2. The minimum Gasteiger partial charge on any atom is -0.291 e. The Kier molecular flexibility index (Phi) is 11.3. The van der Waals surface area contributed by atoms with Gasteiger partial charge in [0.2, 0.25) is 0 Å². The molecule has 0 N–H and O–H groups in total. The van der Waals surface area contributed by atoms with Crippen LogP contribution >= 0.6 is 0 Å². The van der Waals surface area contributed by atoms with Crippen molar-refractivity contribution in [3.8, 4) is 0 Å². The Balaban J connectivity index is 1.62. The Morgan fingerprint density at radius 1 is 0.227 bits per heavy atom. The molecule has 0 aromatic heterocycles. The van der Waals surface area contributed by atoms with E-state index in [0.717, 1.165) is 57.1 Å². The molecule has 0 atom stereocenters. The molecule has 66 heavy (non-hydrogen) atoms. The maximum atomic E-state index is 2.58. The number of hydrogen-bond acceptors (Lipinski definition) is 4. The van der Waals surface area contributed by atoms with Crippen LogP contribution in [-0.4, -0.2) is 0 Å². The first-order chi connectivity index (χ1) is 30.5. The van der Waals surface area contributed by atoms with Crippen molar-refractivity contribution in [3.63, 3.8) is 0 Å². The molecule has 0 fully saturated rings. The summed E-state index contributed by atoms with van der Waals surface area (Å²) in [6.07, 6.45) is 0. The van der Waals surface area contributed by atoms with Gasteiger partial charge in [0.25, 0.3) is 0 Å². The average molecular weight is 877 g/mol. The standard InChI is InChI=1S/C62H76N4/c1-57(2,3)41-23-19-27-47(35-41)63-51-33-31-45(61(13,14)15)39-53(51)65(49-29-21-25-43(37-49)59(7,8)9)55(63)56-64(48-28-20-24-42(36-48)58(4,5)6)52-34-32-46(62(16,17)18)40-54(52)66(56)50-30-22-26-44(38-50)60(10,11)12/h19-40H,1-18H3/b56-55+. The van der Waals surface area contributed by atoms with Crippen molar-refractivity contribution in [2.45, 2.75) is 157 Å². The van der Waals surface area contributed by atoms with Gasteiger partial charge in [0.05, 0.1) is 22.7 Å². The van der Waals surface area contributed by atoms with Crippen molar-refractivity contribution >= 4 is 45.5 Å². The zero-order chi connectivity index (χ0) is 48.1. The van der Waals surface area contributed by atoms with Crippen molar-refractivity contribution in [1.82, 2.24) is 0 Å². The minimum atomic E-state index is -0.0767. The van der Waals surface area contributed by atoms with Crippen LogP contribution in [0.25, 0.3) is 0 Å². The molecule has 8 rings (SSSR count). The molecule has 6 aromatic carbocycles. The molecule has 0 aliphatic carbocycles. The molecular weight excluding hydrogens is 801 g/mol. The molecule has 0 saturated carbocycles. The first kappa shape index (κ1) is 46.8. The lowest BCUT2D eigenvalue weighted by Crippen LogP contribution is -2.34. The zero-order valence-corrected chi connectivity index (χ0v) is 43.5. The van der Waals surface area contributed by atoms with Gasteiger partial charge in [-0.1, -0.05) is 185 Å². The van der Waals surface area contributed by atoms with Crippen molar-refractivity contribution in [2.24, 2.45) is 0 Å². The SMILES string of the molecule is CC(C)(C)c1cccc(N2/C(=C3/N(c4cccc(C(C)(C)C)c4)c4ccc(C(C)(C)C)cc4N3c3cccc(C(C)(C)C)c3)N(c3cccc(C(C)(C)C)c3)c3cc(C(C)(C)C)ccc32)c1. The number of nitrogens with zero attached hydrogens (tertiary/aromatic N) is 4. The monoisotopic (exact) mass is 877 g/mol. The van der Waals surface area contributed by atoms with E-state index in [1.807, 2.05) is 0 Å². The Morgan fingerprint density at radius 2 is 0.439 bits per heavy atom. The number of hydrogen-bond donors (Lipinski definition) is 0. The Labute approximate surface area is 399 Å². The average Bonchev–Trinajstić information content (AvgIpc) is 3.74. The number of anilines is 8. The molecule has 2 aliphatic rings. The Bertz CT molecular complexity index is 2640. The maximum Gasteiger partial charge on any atom is 0.166 e. The summed E-state index contributed by atoms with van der Waals surface area (Å²) in [6, 6.07) is 51.5. The summed E-state index contributed by atoms with van der Waals surface area (Å²) in [5.41, 5.74) is 16.5. The van der Waals surface area contributed by atoms with Crippen LogP contribution in [0.5, 0.6) is 0 Å². The van der Waals surface area contributed by atoms with E-state index >= 15 is 0 Å². The van der Waals surface area contributed by atoms with E-state index in [1.54, 1.807) is 0 Å². The van der Waals surface area contributed by atoms with Gasteiger partial charge in [-0.3, -0.25) is 19.6 Å². The highest BCUT2D eigenvalue weighted by Crippen LogP contribution is 2.58. The molecule has 6 aromatic rings. The normalized spacial score (nSPS) is 16.0. The summed E-state index contributed by atoms with van der Waals surface area (Å²) < 4.78 is 0. The second-order valence-electron chi connectivity index (χ2n) is 25.1. The van der Waals surface area contributed by atoms with E-state index in [1.165, 1.54) is 33.4 Å². The first-order valence-corrected chi connectivity index (χ1v) is 24.2. The molecule has 344 valence electrons. The Hall–Kier alpha value is -5.74. The fourth-order valence-corrected chi connectivity index (χ4v) is 9.26. The summed E-state index contributed by atoms with van der Waals surface area (Å²) in [6.45, 7) is 41.8. The fourth-order valence-electron chi connectivity index (χ4n) is 9.26. The van der Waals surface area contributed by atoms with Gasteiger partial charge in [0.15, 0.2) is 11.6 Å². The lowest BCUT2D eigenvalue weighted by molar-refractivity contribution is 0.589. The highest BCUT2D eigenvalue weighted by molar-refractivity contribution is 6.00. The van der Waals surface area contributed by atoms with E-state index in [4.69, 9.17) is 0 Å². The lowest BCUT2D eigenvalue weighted by atomic mass is 9.86. The molecule has 0 saturated heterocycles. The largest absolute Gasteiger partial charge is 0.291 e. The molecule has 4 heteroatoms. The predicted octanol–water partition coefficient (Wildman–Crippen LogP) is 17.9. The summed E-state index contributed by atoms with van der Waals surface area (Å²) in [5.74, 6) is 2.15. The minimum absolute atomic E-state index is 0.0610. The van der Waals surface area contributed by atoms with Gasteiger partial charge in [-0.15, -0.1) is 0 Å². The van der Waals surface area contributed by atoms with Crippen molar-refractivity contribution in [1.29, 1.82) is 0 Å². The molecule has 0 radical (unpaired) electrons. The first-order valence-electron chi connectivity index (χ1n) is 24.2. The summed E-state index contributed by atoms with van der Waals surface area (Å²) >= 11 is 0. The van der Waals surface area contributed by atoms with Gasteiger partial charge in [-0.05, 0) is 139 Å². The van der Waals surface area contributed by atoms with Crippen LogP contribution in [0.3, 0.4) is 0 Å². The predicted molar refractivity (Wildman–Crippen MR) is 286 cm³/mol. The molecule has 2 aliphatic heterocycles. The van der Waals surface area contributed by atoms with E-state index in [9.17, 15) is 0 Å². The third kappa shape index (κ3) is 8.69. The lowest BCUT2D eigenvalue weighted by Gasteiger charge is -2.35. The van der Waals surface area contributed by atoms with Crippen molar-refractivity contribution in [2.75, 3.05) is 19.6 Å². The van der Waals surface area contributed by atoms with E-state index in [-0.39, 0.29) is 32.5 Å². The molecule has 0 spiro atoms. The fraction of sp³-hybridized carbons (Fsp3) is 0.387. The molecule has 4 nitrogen and oxygen atoms in total. The van der Waals surface area contributed by atoms with Crippen LogP contribution in [0, 0.1) is 0 Å². The highest BCUT2D eigenvalue weighted by Gasteiger charge is 2.46. The van der Waals surface area contributed by atoms with Crippen LogP contribution in [0.4, 0.5) is 45.5 Å². The highest BCUT2D eigenvalue weighted by atomic mass is 15.5. The topological polar surface area (TPSA) is 13.0 Å². The molecule has 2 heterocycles. The van der Waals surface area contributed by atoms with E-state index in [2.05, 4.69) is 278 Å². The summed E-state index contributed by atoms with van der Waals surface area (Å²) in [4.78, 5) is 10.3. The molecule has 0 amide bonds. The van der Waals surface area contributed by atoms with Crippen LogP contribution in [-0.2, 0) is 32.5 Å². The zero-order valence-electron chi connectivity index (χ0n) is 43.5. The smallest absolute Gasteiger partial charge is 0.166 e. The number of benzene rings is 6. The quantitative estimate of drug-likeness (QED) is 0.175.